The number of hydrogen-bond acceptors (Lipinski definition) is 3. The van der Waals surface area contributed by atoms with Gasteiger partial charge >= 0.3 is 0 Å². The molecular formula is C17H26FNO2. The minimum absolute atomic E-state index is 0.0567. The molecule has 4 heteroatoms. The van der Waals surface area contributed by atoms with Crippen LogP contribution in [0.1, 0.15) is 46.1 Å². The molecule has 1 saturated heterocycles. The number of ether oxygens (including phenoxy) is 2. The Morgan fingerprint density at radius 2 is 2.19 bits per heavy atom. The molecule has 1 aromatic carbocycles. The van der Waals surface area contributed by atoms with Crippen molar-refractivity contribution in [3.8, 4) is 5.75 Å². The van der Waals surface area contributed by atoms with Crippen LogP contribution in [0.25, 0.3) is 0 Å². The summed E-state index contributed by atoms with van der Waals surface area (Å²) in [5, 5.41) is 3.29. The summed E-state index contributed by atoms with van der Waals surface area (Å²) in [5.74, 6) is 0.499. The molecule has 0 radical (unpaired) electrons. The monoisotopic (exact) mass is 295 g/mol. The highest BCUT2D eigenvalue weighted by Gasteiger charge is 2.32. The highest BCUT2D eigenvalue weighted by Crippen LogP contribution is 2.30. The zero-order chi connectivity index (χ0) is 15.5. The van der Waals surface area contributed by atoms with E-state index in [1.165, 1.54) is 12.1 Å². The normalized spacial score (nSPS) is 21.0. The molecule has 21 heavy (non-hydrogen) atoms. The molecule has 0 bridgehead atoms. The molecule has 0 aromatic heterocycles. The Morgan fingerprint density at radius 1 is 1.43 bits per heavy atom. The van der Waals surface area contributed by atoms with Gasteiger partial charge in [0.25, 0.3) is 0 Å². The van der Waals surface area contributed by atoms with Crippen LogP contribution < -0.4 is 10.1 Å². The van der Waals surface area contributed by atoms with Gasteiger partial charge in [-0.3, -0.25) is 0 Å². The van der Waals surface area contributed by atoms with Gasteiger partial charge < -0.3 is 14.8 Å². The van der Waals surface area contributed by atoms with Gasteiger partial charge in [0, 0.05) is 18.2 Å². The van der Waals surface area contributed by atoms with Gasteiger partial charge in [0.15, 0.2) is 0 Å². The summed E-state index contributed by atoms with van der Waals surface area (Å²) < 4.78 is 25.2. The van der Waals surface area contributed by atoms with E-state index in [-0.39, 0.29) is 17.5 Å². The molecule has 2 rings (SSSR count). The van der Waals surface area contributed by atoms with Crippen molar-refractivity contribution in [2.24, 2.45) is 0 Å². The third kappa shape index (κ3) is 4.97. The average Bonchev–Trinajstić information content (AvgIpc) is 2.75. The van der Waals surface area contributed by atoms with Crippen molar-refractivity contribution < 1.29 is 13.9 Å². The van der Waals surface area contributed by atoms with Crippen LogP contribution in [0.5, 0.6) is 5.75 Å². The molecule has 1 atom stereocenters. The standard InChI is InChI=1S/C17H26FNO2/c1-12(2)19-10-13-9-14(18)5-6-16(13)20-11-15-7-8-17(3,4)21-15/h5-6,9,12,15,19H,7-8,10-11H2,1-4H3. The molecule has 3 nitrogen and oxygen atoms in total. The van der Waals surface area contributed by atoms with Gasteiger partial charge in [0.2, 0.25) is 0 Å². The minimum Gasteiger partial charge on any atom is -0.491 e. The Kier molecular flexibility index (Phi) is 5.22. The van der Waals surface area contributed by atoms with E-state index in [4.69, 9.17) is 9.47 Å². The van der Waals surface area contributed by atoms with Gasteiger partial charge in [0.1, 0.15) is 18.2 Å². The summed E-state index contributed by atoms with van der Waals surface area (Å²) in [5.41, 5.74) is 0.791. The average molecular weight is 295 g/mol. The Balaban J connectivity index is 1.95. The largest absolute Gasteiger partial charge is 0.491 e. The maximum absolute atomic E-state index is 13.4. The van der Waals surface area contributed by atoms with E-state index < -0.39 is 0 Å². The van der Waals surface area contributed by atoms with E-state index in [1.807, 2.05) is 0 Å². The van der Waals surface area contributed by atoms with Crippen LogP contribution in [0.4, 0.5) is 4.39 Å². The molecule has 1 aliphatic heterocycles. The fourth-order valence-corrected chi connectivity index (χ4v) is 2.52. The predicted octanol–water partition coefficient (Wildman–Crippen LogP) is 3.66. The molecule has 0 aliphatic carbocycles. The lowest BCUT2D eigenvalue weighted by molar-refractivity contribution is -0.0327. The Hall–Kier alpha value is -1.13. The molecule has 1 aromatic rings. The number of halogens is 1. The van der Waals surface area contributed by atoms with Crippen LogP contribution in [0.2, 0.25) is 0 Å². The summed E-state index contributed by atoms with van der Waals surface area (Å²) in [6.45, 7) is 9.44. The van der Waals surface area contributed by atoms with Crippen molar-refractivity contribution in [2.75, 3.05) is 6.61 Å². The van der Waals surface area contributed by atoms with E-state index in [1.54, 1.807) is 6.07 Å². The molecule has 0 amide bonds. The number of rotatable bonds is 6. The second-order valence-corrected chi connectivity index (χ2v) is 6.64. The molecule has 1 unspecified atom stereocenters. The molecule has 118 valence electrons. The van der Waals surface area contributed by atoms with Gasteiger partial charge in [-0.25, -0.2) is 4.39 Å². The minimum atomic E-state index is -0.235. The second kappa shape index (κ2) is 6.75. The predicted molar refractivity (Wildman–Crippen MR) is 82.1 cm³/mol. The van der Waals surface area contributed by atoms with Crippen LogP contribution >= 0.6 is 0 Å². The molecule has 1 heterocycles. The van der Waals surface area contributed by atoms with Crippen LogP contribution in [0.3, 0.4) is 0 Å². The first-order chi connectivity index (χ1) is 9.85. The molecule has 1 fully saturated rings. The molecule has 1 N–H and O–H groups in total. The summed E-state index contributed by atoms with van der Waals surface area (Å²) >= 11 is 0. The lowest BCUT2D eigenvalue weighted by Gasteiger charge is -2.20. The highest BCUT2D eigenvalue weighted by atomic mass is 19.1. The molecule has 0 saturated carbocycles. The van der Waals surface area contributed by atoms with E-state index in [9.17, 15) is 4.39 Å². The van der Waals surface area contributed by atoms with Crippen molar-refractivity contribution in [3.05, 3.63) is 29.6 Å². The van der Waals surface area contributed by atoms with Gasteiger partial charge in [-0.15, -0.1) is 0 Å². The third-order valence-electron chi connectivity index (χ3n) is 3.70. The number of benzene rings is 1. The summed E-state index contributed by atoms with van der Waals surface area (Å²) in [7, 11) is 0. The zero-order valence-corrected chi connectivity index (χ0v) is 13.4. The van der Waals surface area contributed by atoms with Crippen LogP contribution in [0.15, 0.2) is 18.2 Å². The summed E-state index contributed by atoms with van der Waals surface area (Å²) in [4.78, 5) is 0. The molecule has 1 aliphatic rings. The van der Waals surface area contributed by atoms with Crippen molar-refractivity contribution in [3.63, 3.8) is 0 Å². The summed E-state index contributed by atoms with van der Waals surface area (Å²) in [6.07, 6.45) is 2.18. The second-order valence-electron chi connectivity index (χ2n) is 6.64. The van der Waals surface area contributed by atoms with Crippen LogP contribution in [-0.4, -0.2) is 24.4 Å². The molecule has 0 spiro atoms. The Labute approximate surface area is 126 Å². The van der Waals surface area contributed by atoms with Crippen molar-refractivity contribution in [1.29, 1.82) is 0 Å². The highest BCUT2D eigenvalue weighted by molar-refractivity contribution is 5.34. The first-order valence-corrected chi connectivity index (χ1v) is 7.68. The van der Waals surface area contributed by atoms with Crippen LogP contribution in [-0.2, 0) is 11.3 Å². The Morgan fingerprint density at radius 3 is 2.81 bits per heavy atom. The maximum atomic E-state index is 13.4. The van der Waals surface area contributed by atoms with Gasteiger partial charge in [-0.1, -0.05) is 13.8 Å². The van der Waals surface area contributed by atoms with E-state index in [0.29, 0.717) is 19.2 Å². The first kappa shape index (κ1) is 16.2. The van der Waals surface area contributed by atoms with Gasteiger partial charge in [-0.05, 0) is 44.9 Å². The van der Waals surface area contributed by atoms with Gasteiger partial charge in [-0.2, -0.15) is 0 Å². The first-order valence-electron chi connectivity index (χ1n) is 7.68. The number of hydrogen-bond donors (Lipinski definition) is 1. The molecular weight excluding hydrogens is 269 g/mol. The van der Waals surface area contributed by atoms with Crippen molar-refractivity contribution >= 4 is 0 Å². The lowest BCUT2D eigenvalue weighted by Crippen LogP contribution is -2.25. The van der Waals surface area contributed by atoms with E-state index in [2.05, 4.69) is 33.0 Å². The maximum Gasteiger partial charge on any atom is 0.124 e. The summed E-state index contributed by atoms with van der Waals surface area (Å²) in [6, 6.07) is 5.02. The quantitative estimate of drug-likeness (QED) is 0.869. The third-order valence-corrected chi connectivity index (χ3v) is 3.70. The SMILES string of the molecule is CC(C)NCc1cc(F)ccc1OCC1CCC(C)(C)O1. The fraction of sp³-hybridized carbons (Fsp3) is 0.647. The van der Waals surface area contributed by atoms with E-state index in [0.717, 1.165) is 24.2 Å². The smallest absolute Gasteiger partial charge is 0.124 e. The van der Waals surface area contributed by atoms with Crippen molar-refractivity contribution in [2.45, 2.75) is 64.8 Å². The van der Waals surface area contributed by atoms with Crippen LogP contribution in [0, 0.1) is 5.82 Å². The van der Waals surface area contributed by atoms with E-state index >= 15 is 0 Å². The van der Waals surface area contributed by atoms with Gasteiger partial charge in [0.05, 0.1) is 11.7 Å². The Bertz CT molecular complexity index is 474. The zero-order valence-electron chi connectivity index (χ0n) is 13.4. The van der Waals surface area contributed by atoms with Crippen molar-refractivity contribution in [1.82, 2.24) is 5.32 Å². The number of nitrogens with one attached hydrogen (secondary N) is 1. The topological polar surface area (TPSA) is 30.5 Å². The fourth-order valence-electron chi connectivity index (χ4n) is 2.52. The lowest BCUT2D eigenvalue weighted by atomic mass is 10.1.